The molecule has 0 atom stereocenters. The maximum atomic E-state index is 13.3. The number of nitrogens with zero attached hydrogens (tertiary/aromatic N) is 1. The molecule has 1 saturated heterocycles. The van der Waals surface area contributed by atoms with E-state index in [4.69, 9.17) is 16.3 Å². The van der Waals surface area contributed by atoms with Crippen LogP contribution in [-0.4, -0.2) is 36.4 Å². The fourth-order valence-electron chi connectivity index (χ4n) is 4.71. The normalized spacial score (nSPS) is 17.9. The van der Waals surface area contributed by atoms with E-state index in [0.717, 1.165) is 57.2 Å². The molecule has 2 aliphatic rings. The van der Waals surface area contributed by atoms with E-state index in [-0.39, 0.29) is 18.4 Å². The summed E-state index contributed by atoms with van der Waals surface area (Å²) in [6, 6.07) is 14.8. The molecule has 0 aromatic heterocycles. The first-order chi connectivity index (χ1) is 15.1. The van der Waals surface area contributed by atoms with Crippen LogP contribution in [0.1, 0.15) is 50.5 Å². The molecule has 2 aromatic carbocycles. The lowest BCUT2D eigenvalue weighted by molar-refractivity contribution is -0.134. The molecule has 1 saturated carbocycles. The zero-order chi connectivity index (χ0) is 21.7. The maximum Gasteiger partial charge on any atom is 0.260 e. The summed E-state index contributed by atoms with van der Waals surface area (Å²) in [5.74, 6) is 0.622. The van der Waals surface area contributed by atoms with E-state index in [2.05, 4.69) is 5.32 Å². The summed E-state index contributed by atoms with van der Waals surface area (Å²) < 4.78 is 5.66. The molecule has 2 aromatic rings. The standard InChI is InChI=1S/C25H29ClN2O3/c26-22-9-3-2-8-21(22)25(14-4-5-15-25)24(30)27-19-10-12-20(13-11-19)31-18-23(29)28-16-6-1-7-17-28/h2-3,8-13H,1,4-7,14-18H2,(H,27,30). The first-order valence-corrected chi connectivity index (χ1v) is 11.5. The van der Waals surface area contributed by atoms with Crippen LogP contribution in [0.2, 0.25) is 5.02 Å². The summed E-state index contributed by atoms with van der Waals surface area (Å²) >= 11 is 6.45. The molecular formula is C25H29ClN2O3. The summed E-state index contributed by atoms with van der Waals surface area (Å²) in [5.41, 5.74) is 1.02. The summed E-state index contributed by atoms with van der Waals surface area (Å²) in [6.07, 6.45) is 6.93. The van der Waals surface area contributed by atoms with Crippen molar-refractivity contribution < 1.29 is 14.3 Å². The molecular weight excluding hydrogens is 412 g/mol. The van der Waals surface area contributed by atoms with Gasteiger partial charge in [-0.1, -0.05) is 42.6 Å². The molecule has 0 bridgehead atoms. The summed E-state index contributed by atoms with van der Waals surface area (Å²) in [6.45, 7) is 1.68. The predicted molar refractivity (Wildman–Crippen MR) is 123 cm³/mol. The van der Waals surface area contributed by atoms with Crippen molar-refractivity contribution in [2.24, 2.45) is 0 Å². The smallest absolute Gasteiger partial charge is 0.260 e. The molecule has 0 spiro atoms. The Balaban J connectivity index is 1.38. The first-order valence-electron chi connectivity index (χ1n) is 11.2. The number of rotatable bonds is 6. The number of hydrogen-bond donors (Lipinski definition) is 1. The van der Waals surface area contributed by atoms with Crippen LogP contribution in [0.3, 0.4) is 0 Å². The van der Waals surface area contributed by atoms with Gasteiger partial charge in [-0.25, -0.2) is 0 Å². The third-order valence-corrected chi connectivity index (χ3v) is 6.79. The highest BCUT2D eigenvalue weighted by molar-refractivity contribution is 6.31. The number of halogens is 1. The van der Waals surface area contributed by atoms with Crippen LogP contribution >= 0.6 is 11.6 Å². The molecule has 0 radical (unpaired) electrons. The van der Waals surface area contributed by atoms with Gasteiger partial charge in [-0.3, -0.25) is 9.59 Å². The van der Waals surface area contributed by atoms with Crippen LogP contribution in [0.4, 0.5) is 5.69 Å². The molecule has 164 valence electrons. The molecule has 5 nitrogen and oxygen atoms in total. The molecule has 1 aliphatic heterocycles. The minimum atomic E-state index is -0.589. The Hall–Kier alpha value is -2.53. The number of ether oxygens (including phenoxy) is 1. The Morgan fingerprint density at radius 2 is 1.61 bits per heavy atom. The quantitative estimate of drug-likeness (QED) is 0.673. The van der Waals surface area contributed by atoms with Crippen molar-refractivity contribution in [1.82, 2.24) is 4.90 Å². The van der Waals surface area contributed by atoms with Crippen LogP contribution in [0.5, 0.6) is 5.75 Å². The summed E-state index contributed by atoms with van der Waals surface area (Å²) in [4.78, 5) is 27.4. The lowest BCUT2D eigenvalue weighted by atomic mass is 9.78. The second kappa shape index (κ2) is 9.73. The number of carbonyl (C=O) groups excluding carboxylic acids is 2. The zero-order valence-corrected chi connectivity index (χ0v) is 18.5. The van der Waals surface area contributed by atoms with Crippen molar-refractivity contribution in [1.29, 1.82) is 0 Å². The van der Waals surface area contributed by atoms with Crippen molar-refractivity contribution in [2.75, 3.05) is 25.0 Å². The van der Waals surface area contributed by atoms with Crippen molar-refractivity contribution >= 4 is 29.1 Å². The number of piperidine rings is 1. The third kappa shape index (κ3) is 4.87. The number of nitrogens with one attached hydrogen (secondary N) is 1. The Bertz CT molecular complexity index is 917. The van der Waals surface area contributed by atoms with Crippen molar-refractivity contribution in [3.63, 3.8) is 0 Å². The van der Waals surface area contributed by atoms with E-state index in [0.29, 0.717) is 16.5 Å². The lowest BCUT2D eigenvalue weighted by Crippen LogP contribution is -2.38. The summed E-state index contributed by atoms with van der Waals surface area (Å²) in [7, 11) is 0. The highest BCUT2D eigenvalue weighted by atomic mass is 35.5. The first kappa shape index (κ1) is 21.7. The van der Waals surface area contributed by atoms with Crippen LogP contribution in [0, 0.1) is 0 Å². The third-order valence-electron chi connectivity index (χ3n) is 6.46. The van der Waals surface area contributed by atoms with Crippen molar-refractivity contribution in [2.45, 2.75) is 50.4 Å². The molecule has 1 heterocycles. The van der Waals surface area contributed by atoms with Crippen LogP contribution in [-0.2, 0) is 15.0 Å². The second-order valence-corrected chi connectivity index (χ2v) is 8.88. The SMILES string of the molecule is O=C(COc1ccc(NC(=O)C2(c3ccccc3Cl)CCCC2)cc1)N1CCCCC1. The van der Waals surface area contributed by atoms with Gasteiger partial charge in [0, 0.05) is 23.8 Å². The predicted octanol–water partition coefficient (Wildman–Crippen LogP) is 5.18. The zero-order valence-electron chi connectivity index (χ0n) is 17.7. The van der Waals surface area contributed by atoms with Gasteiger partial charge in [0.2, 0.25) is 5.91 Å². The van der Waals surface area contributed by atoms with Gasteiger partial charge >= 0.3 is 0 Å². The van der Waals surface area contributed by atoms with Crippen LogP contribution in [0.25, 0.3) is 0 Å². The fraction of sp³-hybridized carbons (Fsp3) is 0.440. The van der Waals surface area contributed by atoms with Gasteiger partial charge in [-0.15, -0.1) is 0 Å². The van der Waals surface area contributed by atoms with Gasteiger partial charge in [-0.2, -0.15) is 0 Å². The van der Waals surface area contributed by atoms with Gasteiger partial charge in [0.15, 0.2) is 6.61 Å². The topological polar surface area (TPSA) is 58.6 Å². The largest absolute Gasteiger partial charge is 0.484 e. The van der Waals surface area contributed by atoms with Gasteiger partial charge in [0.1, 0.15) is 5.75 Å². The Kier molecular flexibility index (Phi) is 6.81. The van der Waals surface area contributed by atoms with Gasteiger partial charge in [0.25, 0.3) is 5.91 Å². The van der Waals surface area contributed by atoms with Gasteiger partial charge in [0.05, 0.1) is 5.41 Å². The average molecular weight is 441 g/mol. The molecule has 1 N–H and O–H groups in total. The molecule has 4 rings (SSSR count). The Morgan fingerprint density at radius 1 is 0.935 bits per heavy atom. The number of benzene rings is 2. The van der Waals surface area contributed by atoms with Crippen LogP contribution in [0.15, 0.2) is 48.5 Å². The van der Waals surface area contributed by atoms with E-state index in [1.54, 1.807) is 12.1 Å². The minimum Gasteiger partial charge on any atom is -0.484 e. The maximum absolute atomic E-state index is 13.3. The van der Waals surface area contributed by atoms with Gasteiger partial charge < -0.3 is 15.0 Å². The Labute approximate surface area is 188 Å². The van der Waals surface area contributed by atoms with E-state index in [1.165, 1.54) is 6.42 Å². The van der Waals surface area contributed by atoms with E-state index in [9.17, 15) is 9.59 Å². The molecule has 2 amide bonds. The van der Waals surface area contributed by atoms with Crippen molar-refractivity contribution in [3.8, 4) is 5.75 Å². The van der Waals surface area contributed by atoms with E-state index in [1.807, 2.05) is 41.3 Å². The molecule has 2 fully saturated rings. The van der Waals surface area contributed by atoms with E-state index >= 15 is 0 Å². The molecule has 0 unspecified atom stereocenters. The average Bonchev–Trinajstić information content (AvgIpc) is 3.30. The second-order valence-electron chi connectivity index (χ2n) is 8.48. The van der Waals surface area contributed by atoms with E-state index < -0.39 is 5.41 Å². The molecule has 1 aliphatic carbocycles. The number of likely N-dealkylation sites (tertiary alicyclic amines) is 1. The number of hydrogen-bond acceptors (Lipinski definition) is 3. The van der Waals surface area contributed by atoms with Crippen molar-refractivity contribution in [3.05, 3.63) is 59.1 Å². The number of carbonyl (C=O) groups is 2. The molecule has 6 heteroatoms. The molecule has 31 heavy (non-hydrogen) atoms. The number of amides is 2. The van der Waals surface area contributed by atoms with Crippen LogP contribution < -0.4 is 10.1 Å². The number of anilines is 1. The highest BCUT2D eigenvalue weighted by Gasteiger charge is 2.43. The lowest BCUT2D eigenvalue weighted by Gasteiger charge is -2.29. The fourth-order valence-corrected chi connectivity index (χ4v) is 5.03. The minimum absolute atomic E-state index is 0.0213. The highest BCUT2D eigenvalue weighted by Crippen LogP contribution is 2.44. The Morgan fingerprint density at radius 3 is 2.29 bits per heavy atom. The summed E-state index contributed by atoms with van der Waals surface area (Å²) in [5, 5.41) is 3.71. The monoisotopic (exact) mass is 440 g/mol. The van der Waals surface area contributed by atoms with Gasteiger partial charge in [-0.05, 0) is 68.0 Å².